The Morgan fingerprint density at radius 2 is 1.45 bits per heavy atom. The molecule has 0 aliphatic carbocycles. The maximum Gasteiger partial charge on any atom is 0.240 e. The highest BCUT2D eigenvalue weighted by atomic mass is 16.5. The first-order valence-corrected chi connectivity index (χ1v) is 14.7. The molecule has 6 rings (SSSR count). The highest BCUT2D eigenvalue weighted by Crippen LogP contribution is 2.28. The number of H-pyrrole nitrogens is 2. The largest absolute Gasteiger partial charge is 0.497 e. The summed E-state index contributed by atoms with van der Waals surface area (Å²) in [5.41, 5.74) is 17.3. The number of aromatic amines is 2. The van der Waals surface area contributed by atoms with Crippen molar-refractivity contribution in [2.45, 2.75) is 50.9 Å². The van der Waals surface area contributed by atoms with Crippen LogP contribution in [0.5, 0.6) is 5.75 Å². The lowest BCUT2D eigenvalue weighted by atomic mass is 10.0. The van der Waals surface area contributed by atoms with E-state index in [4.69, 9.17) is 16.2 Å². The zero-order valence-electron chi connectivity index (χ0n) is 25.2. The number of nitrogens with one attached hydrogen (secondary N) is 3. The maximum absolute atomic E-state index is 13.3. The van der Waals surface area contributed by atoms with Crippen LogP contribution in [0.15, 0.2) is 85.2 Å². The Morgan fingerprint density at radius 3 is 2.05 bits per heavy atom. The molecule has 0 saturated carbocycles. The molecule has 10 nitrogen and oxygen atoms in total. The number of hydrogen-bond donors (Lipinski definition) is 5. The summed E-state index contributed by atoms with van der Waals surface area (Å²) in [6.07, 6.45) is 5.01. The fourth-order valence-electron chi connectivity index (χ4n) is 5.64. The summed E-state index contributed by atoms with van der Waals surface area (Å²) in [7, 11) is 1.64. The van der Waals surface area contributed by atoms with Gasteiger partial charge in [-0.1, -0.05) is 48.5 Å². The number of nitrogens with two attached hydrogens (primary N) is 2. The molecule has 6 aromatic rings. The van der Waals surface area contributed by atoms with Gasteiger partial charge in [0, 0.05) is 40.6 Å². The number of ether oxygens (including phenoxy) is 1. The van der Waals surface area contributed by atoms with E-state index in [1.807, 2.05) is 77.6 Å². The fraction of sp³-hybridized carbons (Fsp3) is 0.265. The minimum Gasteiger partial charge on any atom is -0.497 e. The Kier molecular flexibility index (Phi) is 7.94. The zero-order chi connectivity index (χ0) is 30.8. The molecule has 2 atom stereocenters. The summed E-state index contributed by atoms with van der Waals surface area (Å²) in [4.78, 5) is 20.0. The molecule has 0 aliphatic rings. The van der Waals surface area contributed by atoms with Gasteiger partial charge in [-0.2, -0.15) is 0 Å². The van der Waals surface area contributed by atoms with Crippen LogP contribution in [0.2, 0.25) is 0 Å². The molecule has 3 heterocycles. The van der Waals surface area contributed by atoms with Gasteiger partial charge in [0.1, 0.15) is 5.75 Å². The number of methoxy groups -OCH3 is 1. The number of hydrogen-bond acceptors (Lipinski definition) is 6. The van der Waals surface area contributed by atoms with Crippen LogP contribution < -0.4 is 21.5 Å². The van der Waals surface area contributed by atoms with Crippen molar-refractivity contribution in [2.24, 2.45) is 11.5 Å². The maximum atomic E-state index is 13.3. The Balaban J connectivity index is 1.41. The Morgan fingerprint density at radius 1 is 0.886 bits per heavy atom. The Labute approximate surface area is 255 Å². The third-order valence-corrected chi connectivity index (χ3v) is 8.06. The predicted octanol–water partition coefficient (Wildman–Crippen LogP) is 4.68. The monoisotopic (exact) mass is 590 g/mol. The number of para-hydroxylation sites is 2. The van der Waals surface area contributed by atoms with Crippen LogP contribution in [0.25, 0.3) is 21.8 Å². The molecule has 0 saturated heterocycles. The molecule has 10 heteroatoms. The van der Waals surface area contributed by atoms with E-state index in [2.05, 4.69) is 37.6 Å². The number of aromatic nitrogens is 5. The van der Waals surface area contributed by atoms with Gasteiger partial charge in [-0.15, -0.1) is 10.2 Å². The van der Waals surface area contributed by atoms with Gasteiger partial charge in [0.25, 0.3) is 0 Å². The van der Waals surface area contributed by atoms with Crippen LogP contribution in [0.1, 0.15) is 54.3 Å². The molecule has 0 unspecified atom stereocenters. The quantitative estimate of drug-likeness (QED) is 0.148. The van der Waals surface area contributed by atoms with E-state index >= 15 is 0 Å². The van der Waals surface area contributed by atoms with Crippen molar-refractivity contribution in [1.29, 1.82) is 0 Å². The highest BCUT2D eigenvalue weighted by molar-refractivity contribution is 5.86. The number of carbonyl (C=O) groups excluding carboxylic acids is 1. The number of carbonyl (C=O) groups is 1. The minimum atomic E-state index is -1.09. The van der Waals surface area contributed by atoms with Crippen LogP contribution >= 0.6 is 0 Å². The molecule has 3 aromatic carbocycles. The molecule has 7 N–H and O–H groups in total. The number of benzene rings is 3. The van der Waals surface area contributed by atoms with Gasteiger partial charge in [0.2, 0.25) is 5.91 Å². The fourth-order valence-corrected chi connectivity index (χ4v) is 5.64. The van der Waals surface area contributed by atoms with Gasteiger partial charge in [-0.05, 0) is 61.2 Å². The van der Waals surface area contributed by atoms with Gasteiger partial charge >= 0.3 is 0 Å². The van der Waals surface area contributed by atoms with Gasteiger partial charge in [-0.25, -0.2) is 0 Å². The predicted molar refractivity (Wildman–Crippen MR) is 172 cm³/mol. The van der Waals surface area contributed by atoms with Crippen LogP contribution in [0, 0.1) is 0 Å². The summed E-state index contributed by atoms with van der Waals surface area (Å²) in [6.45, 7) is 3.83. The first-order chi connectivity index (χ1) is 21.2. The minimum absolute atomic E-state index is 0.286. The normalized spacial score (nSPS) is 13.3. The van der Waals surface area contributed by atoms with E-state index in [0.29, 0.717) is 31.0 Å². The standard InChI is InChI=1S/C34H38N8O2/c1-34(2,36)33(43)39-30(17-23-19-38-29-11-7-5-9-26(23)29)32-41-40-31(42(32)20-21-12-14-24(44-3)15-13-21)27(35)16-22-18-37-28-10-6-4-8-25(22)28/h4-15,18-19,27,30,37-38H,16-17,20,35-36H2,1-3H3,(H,39,43)/t27-,30+/m0/s1. The van der Waals surface area contributed by atoms with E-state index in [-0.39, 0.29) is 5.91 Å². The number of amides is 1. The van der Waals surface area contributed by atoms with Crippen LogP contribution in [-0.4, -0.2) is 43.3 Å². The Hall–Kier alpha value is -4.93. The average molecular weight is 591 g/mol. The zero-order valence-corrected chi connectivity index (χ0v) is 25.2. The van der Waals surface area contributed by atoms with E-state index < -0.39 is 17.6 Å². The highest BCUT2D eigenvalue weighted by Gasteiger charge is 2.31. The summed E-state index contributed by atoms with van der Waals surface area (Å²) in [5.74, 6) is 1.72. The third-order valence-electron chi connectivity index (χ3n) is 8.06. The van der Waals surface area contributed by atoms with Crippen LogP contribution in [0.3, 0.4) is 0 Å². The molecule has 44 heavy (non-hydrogen) atoms. The number of rotatable bonds is 11. The third kappa shape index (κ3) is 5.95. The van der Waals surface area contributed by atoms with Gasteiger partial charge in [0.15, 0.2) is 11.6 Å². The summed E-state index contributed by atoms with van der Waals surface area (Å²) >= 11 is 0. The molecular weight excluding hydrogens is 552 g/mol. The Bertz CT molecular complexity index is 1890. The van der Waals surface area contributed by atoms with E-state index in [1.54, 1.807) is 21.0 Å². The van der Waals surface area contributed by atoms with Crippen molar-refractivity contribution in [3.8, 4) is 5.75 Å². The molecular formula is C34H38N8O2. The molecule has 0 radical (unpaired) electrons. The van der Waals surface area contributed by atoms with Crippen LogP contribution in [-0.2, 0) is 24.2 Å². The lowest BCUT2D eigenvalue weighted by Crippen LogP contribution is -2.50. The van der Waals surface area contributed by atoms with Gasteiger partial charge in [-0.3, -0.25) is 4.79 Å². The topological polar surface area (TPSA) is 153 Å². The van der Waals surface area contributed by atoms with Crippen molar-refractivity contribution >= 4 is 27.7 Å². The second-order valence-electron chi connectivity index (χ2n) is 11.8. The molecule has 0 bridgehead atoms. The van der Waals surface area contributed by atoms with E-state index in [0.717, 1.165) is 44.2 Å². The molecule has 3 aromatic heterocycles. The van der Waals surface area contributed by atoms with E-state index in [1.165, 1.54) is 0 Å². The van der Waals surface area contributed by atoms with Crippen molar-refractivity contribution in [2.75, 3.05) is 7.11 Å². The second-order valence-corrected chi connectivity index (χ2v) is 11.8. The summed E-state index contributed by atoms with van der Waals surface area (Å²) in [6, 6.07) is 23.1. The SMILES string of the molecule is COc1ccc(Cn2c([C@@H](N)Cc3c[nH]c4ccccc34)nnc2[C@@H](Cc2c[nH]c3ccccc23)NC(=O)C(C)(C)N)cc1. The van der Waals surface area contributed by atoms with Crippen molar-refractivity contribution in [3.63, 3.8) is 0 Å². The molecule has 0 aliphatic heterocycles. The summed E-state index contributed by atoms with van der Waals surface area (Å²) in [5, 5.41) is 14.7. The summed E-state index contributed by atoms with van der Waals surface area (Å²) < 4.78 is 7.41. The van der Waals surface area contributed by atoms with E-state index in [9.17, 15) is 4.79 Å². The lowest BCUT2D eigenvalue weighted by Gasteiger charge is -2.25. The molecule has 0 fully saturated rings. The van der Waals surface area contributed by atoms with Gasteiger partial charge in [0.05, 0.1) is 31.3 Å². The van der Waals surface area contributed by atoms with Crippen molar-refractivity contribution in [1.82, 2.24) is 30.0 Å². The molecule has 0 spiro atoms. The van der Waals surface area contributed by atoms with Crippen molar-refractivity contribution < 1.29 is 9.53 Å². The van der Waals surface area contributed by atoms with Crippen molar-refractivity contribution in [3.05, 3.63) is 114 Å². The lowest BCUT2D eigenvalue weighted by molar-refractivity contribution is -0.126. The first kappa shape index (κ1) is 29.2. The smallest absolute Gasteiger partial charge is 0.240 e. The number of nitrogens with zero attached hydrogens (tertiary/aromatic N) is 3. The number of fused-ring (bicyclic) bond motifs is 2. The van der Waals surface area contributed by atoms with Crippen LogP contribution in [0.4, 0.5) is 0 Å². The first-order valence-electron chi connectivity index (χ1n) is 14.7. The average Bonchev–Trinajstić information content (AvgIpc) is 3.74. The second kappa shape index (κ2) is 12.0. The molecule has 1 amide bonds. The molecule has 226 valence electrons. The van der Waals surface area contributed by atoms with Gasteiger partial charge < -0.3 is 36.1 Å².